The van der Waals surface area contributed by atoms with Gasteiger partial charge in [-0.15, -0.1) is 0 Å². The van der Waals surface area contributed by atoms with E-state index in [9.17, 15) is 9.59 Å². The highest BCUT2D eigenvalue weighted by Gasteiger charge is 2.17. The van der Waals surface area contributed by atoms with E-state index in [2.05, 4.69) is 5.10 Å². The van der Waals surface area contributed by atoms with Gasteiger partial charge in [0.15, 0.2) is 6.61 Å². The summed E-state index contributed by atoms with van der Waals surface area (Å²) in [7, 11) is 0. The Morgan fingerprint density at radius 1 is 1.09 bits per heavy atom. The van der Waals surface area contributed by atoms with Crippen molar-refractivity contribution in [2.24, 2.45) is 0 Å². The highest BCUT2D eigenvalue weighted by Crippen LogP contribution is 2.19. The molecule has 0 saturated carbocycles. The van der Waals surface area contributed by atoms with E-state index in [1.165, 1.54) is 11.0 Å². The zero-order valence-electron chi connectivity index (χ0n) is 18.1. The third kappa shape index (κ3) is 5.49. The number of ether oxygens (including phenoxy) is 1. The molecule has 3 rings (SSSR count). The molecule has 0 bridgehead atoms. The molecular weight excluding hydrogens is 404 g/mol. The van der Waals surface area contributed by atoms with Crippen LogP contribution in [0.2, 0.25) is 0 Å². The van der Waals surface area contributed by atoms with E-state index >= 15 is 0 Å². The van der Waals surface area contributed by atoms with Crippen LogP contribution in [0.3, 0.4) is 0 Å². The number of para-hydroxylation sites is 2. The molecule has 162 valence electrons. The number of carbonyl (C=O) groups is 2. The summed E-state index contributed by atoms with van der Waals surface area (Å²) in [5.41, 5.74) is 4.06. The van der Waals surface area contributed by atoms with Gasteiger partial charge in [0, 0.05) is 29.6 Å². The standard InChI is InChI=1S/C25H24N4O3/c1-19-23(20(2)29(27-19)22-12-7-4-8-13-22)14-15-25(31)32-18-24(30)28(17-9-16-26)21-10-5-3-6-11-21/h3-8,10-15H,9,17-18H2,1-2H3/b15-14+. The van der Waals surface area contributed by atoms with Gasteiger partial charge in [-0.2, -0.15) is 10.4 Å². The molecule has 0 aliphatic rings. The fourth-order valence-electron chi connectivity index (χ4n) is 3.29. The van der Waals surface area contributed by atoms with Crippen LogP contribution in [0, 0.1) is 25.2 Å². The summed E-state index contributed by atoms with van der Waals surface area (Å²) < 4.78 is 6.97. The molecule has 2 aromatic carbocycles. The zero-order chi connectivity index (χ0) is 22.9. The number of nitrogens with zero attached hydrogens (tertiary/aromatic N) is 4. The van der Waals surface area contributed by atoms with Crippen LogP contribution >= 0.6 is 0 Å². The summed E-state index contributed by atoms with van der Waals surface area (Å²) in [5.74, 6) is -1.02. The Morgan fingerprint density at radius 2 is 1.75 bits per heavy atom. The lowest BCUT2D eigenvalue weighted by atomic mass is 10.2. The van der Waals surface area contributed by atoms with Crippen molar-refractivity contribution in [3.63, 3.8) is 0 Å². The number of anilines is 1. The summed E-state index contributed by atoms with van der Waals surface area (Å²) in [6, 6.07) is 20.7. The van der Waals surface area contributed by atoms with Crippen molar-refractivity contribution in [1.29, 1.82) is 5.26 Å². The van der Waals surface area contributed by atoms with Crippen LogP contribution in [0.4, 0.5) is 5.69 Å². The van der Waals surface area contributed by atoms with Gasteiger partial charge in [0.05, 0.1) is 23.9 Å². The van der Waals surface area contributed by atoms with E-state index < -0.39 is 18.5 Å². The monoisotopic (exact) mass is 428 g/mol. The van der Waals surface area contributed by atoms with Gasteiger partial charge < -0.3 is 9.64 Å². The molecule has 1 amide bonds. The topological polar surface area (TPSA) is 88.2 Å². The Labute approximate surface area is 187 Å². The normalized spacial score (nSPS) is 10.7. The van der Waals surface area contributed by atoms with Crippen molar-refractivity contribution in [1.82, 2.24) is 9.78 Å². The fraction of sp³-hybridized carbons (Fsp3) is 0.200. The number of aromatic nitrogens is 2. The molecule has 0 N–H and O–H groups in total. The lowest BCUT2D eigenvalue weighted by Gasteiger charge is -2.21. The second-order valence-electron chi connectivity index (χ2n) is 7.06. The summed E-state index contributed by atoms with van der Waals surface area (Å²) in [4.78, 5) is 26.3. The van der Waals surface area contributed by atoms with Crippen LogP contribution in [0.5, 0.6) is 0 Å². The van der Waals surface area contributed by atoms with Crippen molar-refractivity contribution in [3.05, 3.63) is 83.7 Å². The predicted octanol–water partition coefficient (Wildman–Crippen LogP) is 3.99. The van der Waals surface area contributed by atoms with Gasteiger partial charge in [0.1, 0.15) is 0 Å². The molecule has 32 heavy (non-hydrogen) atoms. The summed E-state index contributed by atoms with van der Waals surface area (Å²) in [6.45, 7) is 3.61. The van der Waals surface area contributed by atoms with Crippen molar-refractivity contribution in [2.75, 3.05) is 18.1 Å². The molecule has 0 radical (unpaired) electrons. The number of aryl methyl sites for hydroxylation is 1. The number of nitriles is 1. The first-order valence-corrected chi connectivity index (χ1v) is 10.2. The van der Waals surface area contributed by atoms with Crippen molar-refractivity contribution >= 4 is 23.6 Å². The highest BCUT2D eigenvalue weighted by molar-refractivity contribution is 5.96. The summed E-state index contributed by atoms with van der Waals surface area (Å²) >= 11 is 0. The maximum Gasteiger partial charge on any atom is 0.331 e. The molecule has 7 heteroatoms. The SMILES string of the molecule is Cc1nn(-c2ccccc2)c(C)c1/C=C/C(=O)OCC(=O)N(CCC#N)c1ccccc1. The Kier molecular flexibility index (Phi) is 7.55. The molecule has 0 atom stereocenters. The minimum absolute atomic E-state index is 0.179. The number of hydrogen-bond donors (Lipinski definition) is 0. The number of amides is 1. The van der Waals surface area contributed by atoms with Crippen molar-refractivity contribution in [3.8, 4) is 11.8 Å². The molecule has 0 unspecified atom stereocenters. The first-order chi connectivity index (χ1) is 15.5. The van der Waals surface area contributed by atoms with E-state index in [0.29, 0.717) is 5.69 Å². The second-order valence-corrected chi connectivity index (χ2v) is 7.06. The van der Waals surface area contributed by atoms with Crippen LogP contribution in [0.15, 0.2) is 66.7 Å². The summed E-state index contributed by atoms with van der Waals surface area (Å²) in [5, 5.41) is 13.4. The van der Waals surface area contributed by atoms with Crippen molar-refractivity contribution in [2.45, 2.75) is 20.3 Å². The molecule has 0 spiro atoms. The number of rotatable bonds is 8. The third-order valence-electron chi connectivity index (χ3n) is 4.89. The predicted molar refractivity (Wildman–Crippen MR) is 122 cm³/mol. The number of esters is 1. The van der Waals surface area contributed by atoms with Crippen molar-refractivity contribution < 1.29 is 14.3 Å². The number of carbonyl (C=O) groups excluding carboxylic acids is 2. The van der Waals surface area contributed by atoms with Gasteiger partial charge in [-0.05, 0) is 44.2 Å². The molecule has 0 aliphatic carbocycles. The highest BCUT2D eigenvalue weighted by atomic mass is 16.5. The quantitative estimate of drug-likeness (QED) is 0.400. The fourth-order valence-corrected chi connectivity index (χ4v) is 3.29. The lowest BCUT2D eigenvalue weighted by molar-refractivity contribution is -0.142. The van der Waals surface area contributed by atoms with Crippen LogP contribution < -0.4 is 4.90 Å². The first kappa shape index (κ1) is 22.5. The van der Waals surface area contributed by atoms with Crippen LogP contribution in [0.1, 0.15) is 23.4 Å². The van der Waals surface area contributed by atoms with E-state index in [1.807, 2.05) is 61.0 Å². The Balaban J connectivity index is 1.65. The van der Waals surface area contributed by atoms with Gasteiger partial charge in [-0.25, -0.2) is 9.48 Å². The minimum atomic E-state index is -0.627. The van der Waals surface area contributed by atoms with Gasteiger partial charge >= 0.3 is 5.97 Å². The average Bonchev–Trinajstić information content (AvgIpc) is 3.11. The van der Waals surface area contributed by atoms with Gasteiger partial charge in [-0.1, -0.05) is 36.4 Å². The second kappa shape index (κ2) is 10.7. The van der Waals surface area contributed by atoms with Crippen LogP contribution in [0.25, 0.3) is 11.8 Å². The third-order valence-corrected chi connectivity index (χ3v) is 4.89. The molecule has 7 nitrogen and oxygen atoms in total. The van der Waals surface area contributed by atoms with Gasteiger partial charge in [0.2, 0.25) is 0 Å². The minimum Gasteiger partial charge on any atom is -0.452 e. The van der Waals surface area contributed by atoms with E-state index in [4.69, 9.17) is 10.00 Å². The molecule has 1 aromatic heterocycles. The molecular formula is C25H24N4O3. The largest absolute Gasteiger partial charge is 0.452 e. The smallest absolute Gasteiger partial charge is 0.331 e. The van der Waals surface area contributed by atoms with Gasteiger partial charge in [0.25, 0.3) is 5.91 Å². The maximum atomic E-state index is 12.6. The molecule has 0 fully saturated rings. The maximum absolute atomic E-state index is 12.6. The molecule has 1 heterocycles. The summed E-state index contributed by atoms with van der Waals surface area (Å²) in [6.07, 6.45) is 3.12. The Morgan fingerprint density at radius 3 is 2.41 bits per heavy atom. The van der Waals surface area contributed by atoms with E-state index in [-0.39, 0.29) is 13.0 Å². The Hall–Kier alpha value is -4.18. The molecule has 0 aliphatic heterocycles. The molecule has 3 aromatic rings. The first-order valence-electron chi connectivity index (χ1n) is 10.2. The molecule has 0 saturated heterocycles. The van der Waals surface area contributed by atoms with E-state index in [0.717, 1.165) is 22.6 Å². The lowest BCUT2D eigenvalue weighted by Crippen LogP contribution is -2.35. The number of benzene rings is 2. The van der Waals surface area contributed by atoms with Crippen LogP contribution in [-0.2, 0) is 14.3 Å². The zero-order valence-corrected chi connectivity index (χ0v) is 18.1. The Bertz CT molecular complexity index is 1150. The number of hydrogen-bond acceptors (Lipinski definition) is 5. The van der Waals surface area contributed by atoms with Gasteiger partial charge in [-0.3, -0.25) is 4.79 Å². The van der Waals surface area contributed by atoms with E-state index in [1.54, 1.807) is 30.3 Å². The van der Waals surface area contributed by atoms with Crippen LogP contribution in [-0.4, -0.2) is 34.8 Å². The average molecular weight is 428 g/mol.